The molecule has 2 aromatic rings. The highest BCUT2D eigenvalue weighted by molar-refractivity contribution is 6.10. The van der Waals surface area contributed by atoms with E-state index in [9.17, 15) is 18.0 Å². The first-order valence-corrected chi connectivity index (χ1v) is 4.98. The quantitative estimate of drug-likeness (QED) is 0.702. The maximum absolute atomic E-state index is 12.4. The average molecular weight is 241 g/mol. The van der Waals surface area contributed by atoms with Crippen molar-refractivity contribution in [1.29, 1.82) is 0 Å². The molecule has 90 valence electrons. The molecule has 0 aliphatic carbocycles. The van der Waals surface area contributed by atoms with E-state index < -0.39 is 12.0 Å². The molecule has 0 saturated heterocycles. The van der Waals surface area contributed by atoms with E-state index in [4.69, 9.17) is 0 Å². The predicted octanol–water partition coefficient (Wildman–Crippen LogP) is 3.23. The van der Waals surface area contributed by atoms with Gasteiger partial charge in [-0.05, 0) is 18.6 Å². The lowest BCUT2D eigenvalue weighted by Crippen LogP contribution is -2.22. The standard InChI is InChI=1S/C12H10F3NO/c1-7-3-4-8-9(11(17)12(13,14)15)6-16(2)10(8)5-7/h3-6H,1-2H3. The van der Waals surface area contributed by atoms with Crippen LogP contribution in [0.1, 0.15) is 15.9 Å². The molecular formula is C12H10F3NO. The number of fused-ring (bicyclic) bond motifs is 1. The van der Waals surface area contributed by atoms with E-state index in [2.05, 4.69) is 0 Å². The average Bonchev–Trinajstić information content (AvgIpc) is 2.53. The molecule has 17 heavy (non-hydrogen) atoms. The highest BCUT2D eigenvalue weighted by atomic mass is 19.4. The minimum atomic E-state index is -4.83. The van der Waals surface area contributed by atoms with Crippen molar-refractivity contribution in [3.05, 3.63) is 35.5 Å². The zero-order valence-corrected chi connectivity index (χ0v) is 9.30. The van der Waals surface area contributed by atoms with Gasteiger partial charge in [0.1, 0.15) is 0 Å². The fourth-order valence-electron chi connectivity index (χ4n) is 1.83. The van der Waals surface area contributed by atoms with Crippen LogP contribution in [0.2, 0.25) is 0 Å². The number of carbonyl (C=O) groups excluding carboxylic acids is 1. The van der Waals surface area contributed by atoms with Crippen molar-refractivity contribution in [1.82, 2.24) is 4.57 Å². The van der Waals surface area contributed by atoms with Crippen LogP contribution in [0, 0.1) is 6.92 Å². The van der Waals surface area contributed by atoms with Crippen LogP contribution in [0.4, 0.5) is 13.2 Å². The summed E-state index contributed by atoms with van der Waals surface area (Å²) in [5.41, 5.74) is 1.26. The van der Waals surface area contributed by atoms with Gasteiger partial charge in [0.05, 0.1) is 5.56 Å². The minimum absolute atomic E-state index is 0.296. The summed E-state index contributed by atoms with van der Waals surface area (Å²) < 4.78 is 38.7. The van der Waals surface area contributed by atoms with Crippen molar-refractivity contribution >= 4 is 16.7 Å². The molecule has 0 aliphatic rings. The van der Waals surface area contributed by atoms with Gasteiger partial charge in [0.2, 0.25) is 0 Å². The number of hydrogen-bond acceptors (Lipinski definition) is 1. The van der Waals surface area contributed by atoms with Crippen molar-refractivity contribution in [3.8, 4) is 0 Å². The highest BCUT2D eigenvalue weighted by Crippen LogP contribution is 2.28. The van der Waals surface area contributed by atoms with Crippen LogP contribution < -0.4 is 0 Å². The maximum atomic E-state index is 12.4. The van der Waals surface area contributed by atoms with Gasteiger partial charge in [-0.3, -0.25) is 4.79 Å². The molecule has 2 nitrogen and oxygen atoms in total. The summed E-state index contributed by atoms with van der Waals surface area (Å²) >= 11 is 0. The highest BCUT2D eigenvalue weighted by Gasteiger charge is 2.40. The molecule has 0 spiro atoms. The first-order chi connectivity index (χ1) is 7.80. The van der Waals surface area contributed by atoms with Gasteiger partial charge in [-0.25, -0.2) is 0 Å². The van der Waals surface area contributed by atoms with E-state index >= 15 is 0 Å². The molecule has 0 unspecified atom stereocenters. The van der Waals surface area contributed by atoms with Crippen LogP contribution in [-0.4, -0.2) is 16.5 Å². The number of Topliss-reactive ketones (excluding diaryl/α,β-unsaturated/α-hetero) is 1. The van der Waals surface area contributed by atoms with E-state index in [0.29, 0.717) is 10.9 Å². The fraction of sp³-hybridized carbons (Fsp3) is 0.250. The summed E-state index contributed by atoms with van der Waals surface area (Å²) in [6, 6.07) is 4.99. The van der Waals surface area contributed by atoms with Gasteiger partial charge in [0, 0.05) is 24.1 Å². The normalized spacial score (nSPS) is 12.1. The van der Waals surface area contributed by atoms with Crippen molar-refractivity contribution in [3.63, 3.8) is 0 Å². The zero-order valence-electron chi connectivity index (χ0n) is 9.30. The molecule has 1 aromatic heterocycles. The lowest BCUT2D eigenvalue weighted by Gasteiger charge is -2.03. The Balaban J connectivity index is 2.68. The predicted molar refractivity (Wildman–Crippen MR) is 58.0 cm³/mol. The zero-order chi connectivity index (χ0) is 12.8. The Labute approximate surface area is 95.7 Å². The summed E-state index contributed by atoms with van der Waals surface area (Å²) in [7, 11) is 1.62. The van der Waals surface area contributed by atoms with Crippen LogP contribution in [-0.2, 0) is 7.05 Å². The second-order valence-corrected chi connectivity index (χ2v) is 4.00. The Hall–Kier alpha value is -1.78. The molecule has 1 heterocycles. The van der Waals surface area contributed by atoms with Crippen molar-refractivity contribution < 1.29 is 18.0 Å². The van der Waals surface area contributed by atoms with E-state index in [1.54, 1.807) is 25.2 Å². The fourth-order valence-corrected chi connectivity index (χ4v) is 1.83. The molecule has 5 heteroatoms. The molecule has 1 aromatic carbocycles. The maximum Gasteiger partial charge on any atom is 0.454 e. The topological polar surface area (TPSA) is 22.0 Å². The Morgan fingerprint density at radius 2 is 1.94 bits per heavy atom. The lowest BCUT2D eigenvalue weighted by molar-refractivity contribution is -0.0884. The molecule has 0 atom stereocenters. The number of benzene rings is 1. The molecule has 0 saturated carbocycles. The van der Waals surface area contributed by atoms with Crippen LogP contribution >= 0.6 is 0 Å². The summed E-state index contributed by atoms with van der Waals surface area (Å²) in [5, 5.41) is 0.334. The number of carbonyl (C=O) groups is 1. The van der Waals surface area contributed by atoms with E-state index in [1.807, 2.05) is 6.92 Å². The minimum Gasteiger partial charge on any atom is -0.350 e. The summed E-state index contributed by atoms with van der Waals surface area (Å²) in [6.45, 7) is 1.84. The largest absolute Gasteiger partial charge is 0.454 e. The molecule has 0 amide bonds. The van der Waals surface area contributed by atoms with E-state index in [0.717, 1.165) is 5.56 Å². The van der Waals surface area contributed by atoms with Gasteiger partial charge in [-0.2, -0.15) is 13.2 Å². The third-order valence-corrected chi connectivity index (χ3v) is 2.65. The smallest absolute Gasteiger partial charge is 0.350 e. The lowest BCUT2D eigenvalue weighted by atomic mass is 10.1. The van der Waals surface area contributed by atoms with E-state index in [-0.39, 0.29) is 5.56 Å². The van der Waals surface area contributed by atoms with Gasteiger partial charge in [-0.1, -0.05) is 12.1 Å². The first-order valence-electron chi connectivity index (χ1n) is 4.98. The summed E-state index contributed by atoms with van der Waals surface area (Å²) in [5.74, 6) is -1.80. The SMILES string of the molecule is Cc1ccc2c(C(=O)C(F)(F)F)cn(C)c2c1. The Bertz CT molecular complexity index is 596. The Morgan fingerprint density at radius 3 is 2.53 bits per heavy atom. The number of aryl methyl sites for hydroxylation is 2. The summed E-state index contributed by atoms with van der Waals surface area (Å²) in [4.78, 5) is 11.2. The second kappa shape index (κ2) is 3.61. The molecular weight excluding hydrogens is 231 g/mol. The van der Waals surface area contributed by atoms with Crippen LogP contribution in [0.5, 0.6) is 0 Å². The van der Waals surface area contributed by atoms with Crippen LogP contribution in [0.25, 0.3) is 10.9 Å². The number of halogens is 3. The van der Waals surface area contributed by atoms with Crippen molar-refractivity contribution in [2.24, 2.45) is 7.05 Å². The number of ketones is 1. The number of alkyl halides is 3. The first kappa shape index (κ1) is 11.7. The number of aromatic nitrogens is 1. The Kier molecular flexibility index (Phi) is 2.49. The third-order valence-electron chi connectivity index (χ3n) is 2.65. The second-order valence-electron chi connectivity index (χ2n) is 4.00. The number of rotatable bonds is 1. The molecule has 0 bridgehead atoms. The van der Waals surface area contributed by atoms with Crippen LogP contribution in [0.3, 0.4) is 0 Å². The van der Waals surface area contributed by atoms with Gasteiger partial charge in [-0.15, -0.1) is 0 Å². The number of nitrogens with zero attached hydrogens (tertiary/aromatic N) is 1. The van der Waals surface area contributed by atoms with Crippen molar-refractivity contribution in [2.75, 3.05) is 0 Å². The monoisotopic (exact) mass is 241 g/mol. The molecule has 0 aliphatic heterocycles. The van der Waals surface area contributed by atoms with Gasteiger partial charge in [0.25, 0.3) is 5.78 Å². The van der Waals surface area contributed by atoms with Gasteiger partial charge in [0.15, 0.2) is 0 Å². The van der Waals surface area contributed by atoms with Gasteiger partial charge < -0.3 is 4.57 Å². The van der Waals surface area contributed by atoms with Crippen molar-refractivity contribution in [2.45, 2.75) is 13.1 Å². The molecule has 0 fully saturated rings. The van der Waals surface area contributed by atoms with Gasteiger partial charge >= 0.3 is 6.18 Å². The summed E-state index contributed by atoms with van der Waals surface area (Å²) in [6.07, 6.45) is -3.61. The third kappa shape index (κ3) is 1.92. The molecule has 0 radical (unpaired) electrons. The Morgan fingerprint density at radius 1 is 1.29 bits per heavy atom. The van der Waals surface area contributed by atoms with Crippen LogP contribution in [0.15, 0.2) is 24.4 Å². The molecule has 0 N–H and O–H groups in total. The number of hydrogen-bond donors (Lipinski definition) is 0. The van der Waals surface area contributed by atoms with E-state index in [1.165, 1.54) is 10.8 Å². The molecule has 2 rings (SSSR count).